The number of hydrogen-bond acceptors (Lipinski definition) is 4. The number of aromatic amines is 1. The summed E-state index contributed by atoms with van der Waals surface area (Å²) in [5.41, 5.74) is 7.00. The van der Waals surface area contributed by atoms with Gasteiger partial charge >= 0.3 is 5.97 Å². The highest BCUT2D eigenvalue weighted by Gasteiger charge is 2.15. The van der Waals surface area contributed by atoms with E-state index >= 15 is 0 Å². The van der Waals surface area contributed by atoms with E-state index in [-0.39, 0.29) is 0 Å². The lowest BCUT2D eigenvalue weighted by atomic mass is 10.1. The zero-order valence-electron chi connectivity index (χ0n) is 7.57. The number of fused-ring (bicyclic) bond motifs is 1. The number of H-pyrrole nitrogens is 1. The number of esters is 1. The molecule has 2 aromatic rings. The van der Waals surface area contributed by atoms with Gasteiger partial charge < -0.3 is 10.5 Å². The molecule has 5 heteroatoms. The average Bonchev–Trinajstić information content (AvgIpc) is 2.64. The molecule has 1 aromatic carbocycles. The summed E-state index contributed by atoms with van der Waals surface area (Å²) in [7, 11) is 1.32. The fraction of sp³-hybridized carbons (Fsp3) is 0.111. The third kappa shape index (κ3) is 1.10. The van der Waals surface area contributed by atoms with Crippen LogP contribution in [-0.4, -0.2) is 23.3 Å². The smallest absolute Gasteiger partial charge is 0.342 e. The van der Waals surface area contributed by atoms with E-state index in [9.17, 15) is 4.79 Å². The number of nitrogens with zero attached hydrogens (tertiary/aromatic N) is 1. The Morgan fingerprint density at radius 1 is 1.57 bits per heavy atom. The van der Waals surface area contributed by atoms with Crippen LogP contribution in [0.3, 0.4) is 0 Å². The number of carbonyl (C=O) groups is 1. The lowest BCUT2D eigenvalue weighted by Crippen LogP contribution is -2.06. The molecule has 0 unspecified atom stereocenters. The number of nitrogens with one attached hydrogen (secondary N) is 1. The molecule has 3 N–H and O–H groups in total. The molecular weight excluding hydrogens is 182 g/mol. The van der Waals surface area contributed by atoms with Gasteiger partial charge in [-0.3, -0.25) is 5.10 Å². The van der Waals surface area contributed by atoms with Crippen molar-refractivity contribution in [3.8, 4) is 0 Å². The van der Waals surface area contributed by atoms with E-state index in [2.05, 4.69) is 14.9 Å². The Kier molecular flexibility index (Phi) is 1.85. The average molecular weight is 191 g/mol. The molecule has 5 nitrogen and oxygen atoms in total. The molecule has 0 spiro atoms. The molecule has 2 rings (SSSR count). The van der Waals surface area contributed by atoms with Crippen LogP contribution in [0.1, 0.15) is 10.4 Å². The Labute approximate surface area is 79.9 Å². The van der Waals surface area contributed by atoms with Gasteiger partial charge in [-0.2, -0.15) is 5.10 Å². The van der Waals surface area contributed by atoms with Crippen molar-refractivity contribution in [1.29, 1.82) is 0 Å². The molecule has 0 aliphatic heterocycles. The quantitative estimate of drug-likeness (QED) is 0.519. The number of aromatic nitrogens is 2. The Balaban J connectivity index is 2.76. The highest BCUT2D eigenvalue weighted by Crippen LogP contribution is 2.22. The number of methoxy groups -OCH3 is 1. The van der Waals surface area contributed by atoms with Gasteiger partial charge in [0.05, 0.1) is 18.8 Å². The molecular formula is C9H9N3O2. The molecule has 0 fully saturated rings. The summed E-state index contributed by atoms with van der Waals surface area (Å²) in [5, 5.41) is 7.38. The molecule has 0 saturated carbocycles. The van der Waals surface area contributed by atoms with Crippen molar-refractivity contribution in [1.82, 2.24) is 10.2 Å². The lowest BCUT2D eigenvalue weighted by Gasteiger charge is -2.03. The van der Waals surface area contributed by atoms with E-state index in [1.54, 1.807) is 18.3 Å². The van der Waals surface area contributed by atoms with Gasteiger partial charge in [0.1, 0.15) is 5.56 Å². The van der Waals surface area contributed by atoms with Crippen LogP contribution in [0.15, 0.2) is 18.3 Å². The van der Waals surface area contributed by atoms with Crippen molar-refractivity contribution in [2.75, 3.05) is 12.8 Å². The first kappa shape index (κ1) is 8.55. The summed E-state index contributed by atoms with van der Waals surface area (Å²) in [6.45, 7) is 0. The minimum absolute atomic E-state index is 0.336. The molecule has 0 bridgehead atoms. The minimum atomic E-state index is -0.461. The van der Waals surface area contributed by atoms with Crippen molar-refractivity contribution in [2.45, 2.75) is 0 Å². The Bertz CT molecular complexity index is 490. The van der Waals surface area contributed by atoms with Gasteiger partial charge in [0, 0.05) is 11.1 Å². The summed E-state index contributed by atoms with van der Waals surface area (Å²) in [6, 6.07) is 3.45. The summed E-state index contributed by atoms with van der Waals surface area (Å²) >= 11 is 0. The van der Waals surface area contributed by atoms with Crippen LogP contribution in [0.2, 0.25) is 0 Å². The first-order valence-corrected chi connectivity index (χ1v) is 4.04. The molecule has 0 aliphatic rings. The van der Waals surface area contributed by atoms with Crippen LogP contribution >= 0.6 is 0 Å². The largest absolute Gasteiger partial charge is 0.465 e. The zero-order chi connectivity index (χ0) is 10.1. The zero-order valence-corrected chi connectivity index (χ0v) is 7.57. The second kappa shape index (κ2) is 3.02. The van der Waals surface area contributed by atoms with Gasteiger partial charge in [-0.05, 0) is 12.1 Å². The number of carbonyl (C=O) groups excluding carboxylic acids is 1. The molecule has 1 aromatic heterocycles. The summed E-state index contributed by atoms with van der Waals surface area (Å²) in [6.07, 6.45) is 1.63. The predicted octanol–water partition coefficient (Wildman–Crippen LogP) is 0.932. The number of nitrogens with two attached hydrogens (primary N) is 1. The van der Waals surface area contributed by atoms with Crippen molar-refractivity contribution >= 4 is 22.6 Å². The van der Waals surface area contributed by atoms with Crippen molar-refractivity contribution in [3.05, 3.63) is 23.9 Å². The van der Waals surface area contributed by atoms with E-state index in [1.807, 2.05) is 0 Å². The maximum absolute atomic E-state index is 11.4. The molecule has 0 amide bonds. The predicted molar refractivity (Wildman–Crippen MR) is 51.8 cm³/mol. The fourth-order valence-corrected chi connectivity index (χ4v) is 1.35. The normalized spacial score (nSPS) is 10.4. The summed E-state index contributed by atoms with van der Waals surface area (Å²) in [5.74, 6) is -0.461. The lowest BCUT2D eigenvalue weighted by molar-refractivity contribution is 0.0604. The maximum atomic E-state index is 11.4. The molecule has 0 radical (unpaired) electrons. The third-order valence-electron chi connectivity index (χ3n) is 2.04. The van der Waals surface area contributed by atoms with Gasteiger partial charge in [-0.25, -0.2) is 4.79 Å². The Morgan fingerprint density at radius 3 is 3.07 bits per heavy atom. The molecule has 0 aliphatic carbocycles. The molecule has 14 heavy (non-hydrogen) atoms. The minimum Gasteiger partial charge on any atom is -0.465 e. The molecule has 72 valence electrons. The Morgan fingerprint density at radius 2 is 2.36 bits per heavy atom. The first-order valence-electron chi connectivity index (χ1n) is 4.04. The van der Waals surface area contributed by atoms with E-state index in [4.69, 9.17) is 5.73 Å². The highest BCUT2D eigenvalue weighted by atomic mass is 16.5. The number of benzene rings is 1. The van der Waals surface area contributed by atoms with Crippen LogP contribution < -0.4 is 5.73 Å². The molecule has 1 heterocycles. The Hall–Kier alpha value is -2.04. The van der Waals surface area contributed by atoms with Crippen LogP contribution in [0.5, 0.6) is 0 Å². The molecule has 0 atom stereocenters. The third-order valence-corrected chi connectivity index (χ3v) is 2.04. The van der Waals surface area contributed by atoms with E-state index in [0.717, 1.165) is 5.39 Å². The van der Waals surface area contributed by atoms with Crippen LogP contribution in [0.4, 0.5) is 5.69 Å². The second-order valence-corrected chi connectivity index (χ2v) is 2.86. The number of rotatable bonds is 1. The van der Waals surface area contributed by atoms with Crippen LogP contribution in [-0.2, 0) is 4.74 Å². The highest BCUT2D eigenvalue weighted by molar-refractivity contribution is 6.07. The van der Waals surface area contributed by atoms with Crippen molar-refractivity contribution in [2.24, 2.45) is 0 Å². The van der Waals surface area contributed by atoms with Gasteiger partial charge in [0.2, 0.25) is 0 Å². The van der Waals surface area contributed by atoms with Crippen LogP contribution in [0, 0.1) is 0 Å². The number of ether oxygens (including phenoxy) is 1. The maximum Gasteiger partial charge on any atom is 0.342 e. The first-order chi connectivity index (χ1) is 6.74. The van der Waals surface area contributed by atoms with Gasteiger partial charge in [0.25, 0.3) is 0 Å². The fourth-order valence-electron chi connectivity index (χ4n) is 1.35. The van der Waals surface area contributed by atoms with Gasteiger partial charge in [-0.15, -0.1) is 0 Å². The topological polar surface area (TPSA) is 81.0 Å². The SMILES string of the molecule is COC(=O)c1c(N)ccc2cn[nH]c12. The summed E-state index contributed by atoms with van der Waals surface area (Å²) < 4.78 is 4.63. The van der Waals surface area contributed by atoms with E-state index < -0.39 is 5.97 Å². The molecule has 0 saturated heterocycles. The standard InChI is InChI=1S/C9H9N3O2/c1-14-9(13)7-6(10)3-2-5-4-11-12-8(5)7/h2-4H,10H2,1H3,(H,11,12). The number of nitrogen functional groups attached to an aromatic ring is 1. The summed E-state index contributed by atoms with van der Waals surface area (Å²) in [4.78, 5) is 11.4. The van der Waals surface area contributed by atoms with Crippen LogP contribution in [0.25, 0.3) is 10.9 Å². The van der Waals surface area contributed by atoms with E-state index in [1.165, 1.54) is 7.11 Å². The van der Waals surface area contributed by atoms with Crippen molar-refractivity contribution in [3.63, 3.8) is 0 Å². The van der Waals surface area contributed by atoms with Crippen molar-refractivity contribution < 1.29 is 9.53 Å². The second-order valence-electron chi connectivity index (χ2n) is 2.86. The van der Waals surface area contributed by atoms with E-state index in [0.29, 0.717) is 16.8 Å². The van der Waals surface area contributed by atoms with Gasteiger partial charge in [0.15, 0.2) is 0 Å². The number of anilines is 1. The monoisotopic (exact) mass is 191 g/mol. The van der Waals surface area contributed by atoms with Gasteiger partial charge in [-0.1, -0.05) is 0 Å². The number of hydrogen-bond donors (Lipinski definition) is 2.